The average molecular weight is 324 g/mol. The fourth-order valence-corrected chi connectivity index (χ4v) is 2.45. The lowest BCUT2D eigenvalue weighted by Crippen LogP contribution is -2.47. The summed E-state index contributed by atoms with van der Waals surface area (Å²) in [6.07, 6.45) is 5.55. The van der Waals surface area contributed by atoms with Crippen LogP contribution in [0.3, 0.4) is 0 Å². The molecular formula is C12H14BrN5O. The highest BCUT2D eigenvalue weighted by molar-refractivity contribution is 9.10. The van der Waals surface area contributed by atoms with Crippen molar-refractivity contribution in [3.8, 4) is 6.01 Å². The van der Waals surface area contributed by atoms with E-state index in [0.717, 1.165) is 29.8 Å². The number of methoxy groups -OCH3 is 1. The number of halogens is 1. The quantitative estimate of drug-likeness (QED) is 0.853. The van der Waals surface area contributed by atoms with Crippen LogP contribution in [-0.4, -0.2) is 44.8 Å². The molecule has 6 nitrogen and oxygen atoms in total. The molecule has 0 aromatic carbocycles. The Hall–Kier alpha value is -1.47. The standard InChI is InChI=1S/C12H14BrN5O/c1-19-12-14-3-2-10(16-12)6-17-7-11(8-17)18-5-9(13)4-15-18/h2-5,11H,6-8H2,1H3. The van der Waals surface area contributed by atoms with Gasteiger partial charge in [-0.25, -0.2) is 4.98 Å². The van der Waals surface area contributed by atoms with E-state index in [9.17, 15) is 0 Å². The predicted molar refractivity (Wildman–Crippen MR) is 72.8 cm³/mol. The van der Waals surface area contributed by atoms with E-state index in [0.29, 0.717) is 12.1 Å². The number of hydrogen-bond donors (Lipinski definition) is 0. The lowest BCUT2D eigenvalue weighted by molar-refractivity contribution is 0.0892. The monoisotopic (exact) mass is 323 g/mol. The maximum Gasteiger partial charge on any atom is 0.316 e. The highest BCUT2D eigenvalue weighted by atomic mass is 79.9. The zero-order chi connectivity index (χ0) is 13.2. The molecule has 0 amide bonds. The highest BCUT2D eigenvalue weighted by Gasteiger charge is 2.28. The first-order valence-electron chi connectivity index (χ1n) is 6.02. The third-order valence-electron chi connectivity index (χ3n) is 3.14. The summed E-state index contributed by atoms with van der Waals surface area (Å²) in [6.45, 7) is 2.79. The lowest BCUT2D eigenvalue weighted by atomic mass is 10.1. The largest absolute Gasteiger partial charge is 0.467 e. The maximum atomic E-state index is 5.02. The van der Waals surface area contributed by atoms with E-state index < -0.39 is 0 Å². The molecule has 100 valence electrons. The van der Waals surface area contributed by atoms with Crippen LogP contribution in [0.25, 0.3) is 0 Å². The van der Waals surface area contributed by atoms with Crippen molar-refractivity contribution in [1.82, 2.24) is 24.6 Å². The van der Waals surface area contributed by atoms with Crippen molar-refractivity contribution in [3.63, 3.8) is 0 Å². The van der Waals surface area contributed by atoms with Gasteiger partial charge in [-0.1, -0.05) is 0 Å². The van der Waals surface area contributed by atoms with Gasteiger partial charge in [-0.05, 0) is 22.0 Å². The van der Waals surface area contributed by atoms with Crippen LogP contribution < -0.4 is 4.74 Å². The minimum atomic E-state index is 0.422. The van der Waals surface area contributed by atoms with Crippen molar-refractivity contribution in [2.24, 2.45) is 0 Å². The molecule has 2 aromatic heterocycles. The third-order valence-corrected chi connectivity index (χ3v) is 3.55. The van der Waals surface area contributed by atoms with Gasteiger partial charge in [0.25, 0.3) is 0 Å². The molecule has 2 aromatic rings. The normalized spacial score (nSPS) is 16.3. The van der Waals surface area contributed by atoms with Gasteiger partial charge in [-0.3, -0.25) is 9.58 Å². The van der Waals surface area contributed by atoms with Gasteiger partial charge in [0.15, 0.2) is 0 Å². The number of ether oxygens (including phenoxy) is 1. The molecule has 0 radical (unpaired) electrons. The molecule has 0 N–H and O–H groups in total. The van der Waals surface area contributed by atoms with Gasteiger partial charge >= 0.3 is 6.01 Å². The van der Waals surface area contributed by atoms with Gasteiger partial charge in [-0.15, -0.1) is 0 Å². The van der Waals surface area contributed by atoms with Crippen molar-refractivity contribution in [3.05, 3.63) is 34.8 Å². The van der Waals surface area contributed by atoms with Crippen LogP contribution in [0.4, 0.5) is 0 Å². The van der Waals surface area contributed by atoms with Crippen LogP contribution in [0.1, 0.15) is 11.7 Å². The van der Waals surface area contributed by atoms with Gasteiger partial charge in [-0.2, -0.15) is 10.1 Å². The number of rotatable bonds is 4. The Bertz CT molecular complexity index is 567. The summed E-state index contributed by atoms with van der Waals surface area (Å²) in [5, 5.41) is 4.30. The van der Waals surface area contributed by atoms with Crippen LogP contribution in [0.15, 0.2) is 29.1 Å². The number of hydrogen-bond acceptors (Lipinski definition) is 5. The average Bonchev–Trinajstić information content (AvgIpc) is 2.80. The minimum absolute atomic E-state index is 0.422. The van der Waals surface area contributed by atoms with E-state index in [1.807, 2.05) is 23.1 Å². The zero-order valence-electron chi connectivity index (χ0n) is 10.5. The lowest BCUT2D eigenvalue weighted by Gasteiger charge is -2.38. The van der Waals surface area contributed by atoms with Crippen molar-refractivity contribution in [2.75, 3.05) is 20.2 Å². The zero-order valence-corrected chi connectivity index (χ0v) is 12.1. The molecule has 0 unspecified atom stereocenters. The van der Waals surface area contributed by atoms with E-state index in [2.05, 4.69) is 35.9 Å². The Kier molecular flexibility index (Phi) is 3.48. The molecule has 1 aliphatic rings. The van der Waals surface area contributed by atoms with Gasteiger partial charge in [0.05, 0.1) is 29.5 Å². The Morgan fingerprint density at radius 2 is 2.32 bits per heavy atom. The first-order valence-corrected chi connectivity index (χ1v) is 6.82. The summed E-state index contributed by atoms with van der Waals surface area (Å²) in [5.74, 6) is 0. The van der Waals surface area contributed by atoms with Crippen LogP contribution in [-0.2, 0) is 6.54 Å². The Balaban J connectivity index is 1.56. The number of likely N-dealkylation sites (tertiary alicyclic amines) is 1. The first-order chi connectivity index (χ1) is 9.24. The van der Waals surface area contributed by atoms with E-state index >= 15 is 0 Å². The molecule has 3 heterocycles. The molecule has 3 rings (SSSR count). The summed E-state index contributed by atoms with van der Waals surface area (Å²) in [5.41, 5.74) is 0.979. The van der Waals surface area contributed by atoms with Crippen molar-refractivity contribution in [2.45, 2.75) is 12.6 Å². The number of nitrogens with zero attached hydrogens (tertiary/aromatic N) is 5. The van der Waals surface area contributed by atoms with Crippen molar-refractivity contribution < 1.29 is 4.74 Å². The topological polar surface area (TPSA) is 56.1 Å². The molecule has 7 heteroatoms. The molecule has 0 atom stereocenters. The Labute approximate surface area is 119 Å². The summed E-state index contributed by atoms with van der Waals surface area (Å²) in [7, 11) is 1.58. The predicted octanol–water partition coefficient (Wildman–Crippen LogP) is 1.50. The van der Waals surface area contributed by atoms with Crippen LogP contribution in [0, 0.1) is 0 Å². The molecule has 0 aliphatic carbocycles. The van der Waals surface area contributed by atoms with Gasteiger partial charge in [0, 0.05) is 32.0 Å². The molecular weight excluding hydrogens is 310 g/mol. The summed E-state index contributed by atoms with van der Waals surface area (Å²) in [6, 6.07) is 2.79. The molecule has 0 saturated carbocycles. The Morgan fingerprint density at radius 1 is 1.47 bits per heavy atom. The fourth-order valence-electron chi connectivity index (χ4n) is 2.15. The summed E-state index contributed by atoms with van der Waals surface area (Å²) >= 11 is 3.41. The maximum absolute atomic E-state index is 5.02. The van der Waals surface area contributed by atoms with Crippen LogP contribution >= 0.6 is 15.9 Å². The number of aromatic nitrogens is 4. The Morgan fingerprint density at radius 3 is 3.00 bits per heavy atom. The fraction of sp³-hybridized carbons (Fsp3) is 0.417. The smallest absolute Gasteiger partial charge is 0.316 e. The van der Waals surface area contributed by atoms with Gasteiger partial charge < -0.3 is 4.74 Å². The third kappa shape index (κ3) is 2.76. The van der Waals surface area contributed by atoms with Crippen LogP contribution in [0.5, 0.6) is 6.01 Å². The molecule has 1 aliphatic heterocycles. The second-order valence-corrected chi connectivity index (χ2v) is 5.44. The van der Waals surface area contributed by atoms with Gasteiger partial charge in [0.1, 0.15) is 0 Å². The molecule has 19 heavy (non-hydrogen) atoms. The van der Waals surface area contributed by atoms with Crippen molar-refractivity contribution >= 4 is 15.9 Å². The highest BCUT2D eigenvalue weighted by Crippen LogP contribution is 2.23. The van der Waals surface area contributed by atoms with E-state index in [1.165, 1.54) is 0 Å². The van der Waals surface area contributed by atoms with Gasteiger partial charge in [0.2, 0.25) is 0 Å². The van der Waals surface area contributed by atoms with E-state index in [-0.39, 0.29) is 0 Å². The molecule has 1 fully saturated rings. The molecule has 0 spiro atoms. The van der Waals surface area contributed by atoms with E-state index in [1.54, 1.807) is 13.3 Å². The second kappa shape index (κ2) is 5.26. The molecule has 1 saturated heterocycles. The van der Waals surface area contributed by atoms with Crippen molar-refractivity contribution in [1.29, 1.82) is 0 Å². The first kappa shape index (κ1) is 12.6. The van der Waals surface area contributed by atoms with E-state index in [4.69, 9.17) is 4.74 Å². The summed E-state index contributed by atoms with van der Waals surface area (Å²) < 4.78 is 8.04. The van der Waals surface area contributed by atoms with Crippen LogP contribution in [0.2, 0.25) is 0 Å². The second-order valence-electron chi connectivity index (χ2n) is 4.52. The summed E-state index contributed by atoms with van der Waals surface area (Å²) in [4.78, 5) is 10.6. The molecule has 0 bridgehead atoms. The SMILES string of the molecule is COc1nccc(CN2CC(n3cc(Br)cn3)C2)n1. The minimum Gasteiger partial charge on any atom is -0.467 e.